The van der Waals surface area contributed by atoms with E-state index in [0.29, 0.717) is 31.1 Å². The lowest BCUT2D eigenvalue weighted by molar-refractivity contribution is -0.0126. The Bertz CT molecular complexity index is 917. The van der Waals surface area contributed by atoms with Crippen LogP contribution in [0.15, 0.2) is 24.3 Å². The van der Waals surface area contributed by atoms with Gasteiger partial charge in [-0.15, -0.1) is 0 Å². The molecule has 0 saturated carbocycles. The molecule has 0 spiro atoms. The summed E-state index contributed by atoms with van der Waals surface area (Å²) >= 11 is 0. The zero-order valence-corrected chi connectivity index (χ0v) is 14.8. The fourth-order valence-corrected chi connectivity index (χ4v) is 2.99. The van der Waals surface area contributed by atoms with Crippen LogP contribution in [0.2, 0.25) is 0 Å². The van der Waals surface area contributed by atoms with Gasteiger partial charge >= 0.3 is 5.97 Å². The van der Waals surface area contributed by atoms with Crippen LogP contribution < -0.4 is 4.74 Å². The van der Waals surface area contributed by atoms with E-state index in [4.69, 9.17) is 10.00 Å². The fraction of sp³-hybridized carbons (Fsp3) is 0.333. The summed E-state index contributed by atoms with van der Waals surface area (Å²) < 4.78 is 66.2. The molecule has 0 N–H and O–H groups in total. The van der Waals surface area contributed by atoms with Crippen LogP contribution in [0.25, 0.3) is 0 Å². The maximum atomic E-state index is 14.4. The predicted molar refractivity (Wildman–Crippen MR) is 96.2 cm³/mol. The highest BCUT2D eigenvalue weighted by Crippen LogP contribution is 2.32. The molecule has 8 heteroatoms. The van der Waals surface area contributed by atoms with Crippen molar-refractivity contribution >= 4 is 5.97 Å². The second-order valence-corrected chi connectivity index (χ2v) is 6.63. The summed E-state index contributed by atoms with van der Waals surface area (Å²) in [7, 11) is 0. The fourth-order valence-electron chi connectivity index (χ4n) is 2.99. The van der Waals surface area contributed by atoms with Gasteiger partial charge in [-0.05, 0) is 36.5 Å². The summed E-state index contributed by atoms with van der Waals surface area (Å²) in [6.07, 6.45) is 0.952. The minimum absolute atomic E-state index is 0. The lowest BCUT2D eigenvalue weighted by Crippen LogP contribution is -2.20. The van der Waals surface area contributed by atoms with Crippen LogP contribution >= 0.6 is 0 Å². The maximum absolute atomic E-state index is 14.4. The maximum Gasteiger partial charge on any atom is 0.349 e. The Hall–Kier alpha value is -2.92. The predicted octanol–water partition coefficient (Wildman–Crippen LogP) is 5.46. The van der Waals surface area contributed by atoms with Gasteiger partial charge in [0.25, 0.3) is 0 Å². The molecule has 2 aromatic rings. The van der Waals surface area contributed by atoms with Crippen LogP contribution in [-0.2, 0) is 4.74 Å². The van der Waals surface area contributed by atoms with Crippen LogP contribution in [-0.4, -0.2) is 12.6 Å². The molecule has 0 radical (unpaired) electrons. The Morgan fingerprint density at radius 2 is 1.66 bits per heavy atom. The molecule has 0 aromatic heterocycles. The Balaban J connectivity index is 0.00000300. The number of carbonyl (C=O) groups excluding carboxylic acids is 1. The lowest BCUT2D eigenvalue weighted by atomic mass is 9.95. The summed E-state index contributed by atoms with van der Waals surface area (Å²) in [6.45, 7) is 2.47. The third-order valence-electron chi connectivity index (χ3n) is 4.48. The second-order valence-electron chi connectivity index (χ2n) is 6.63. The molecule has 1 heterocycles. The number of rotatable bonds is 3. The van der Waals surface area contributed by atoms with Crippen molar-refractivity contribution in [1.82, 2.24) is 0 Å². The van der Waals surface area contributed by atoms with Crippen molar-refractivity contribution in [1.29, 1.82) is 5.26 Å². The third-order valence-corrected chi connectivity index (χ3v) is 4.48. The van der Waals surface area contributed by atoms with Crippen LogP contribution in [0, 0.1) is 40.5 Å². The number of benzene rings is 2. The lowest BCUT2D eigenvalue weighted by Gasteiger charge is -2.27. The number of nitrogens with zero attached hydrogens (tertiary/aromatic N) is 1. The van der Waals surface area contributed by atoms with Gasteiger partial charge in [0, 0.05) is 18.7 Å². The van der Waals surface area contributed by atoms with Gasteiger partial charge in [-0.25, -0.2) is 22.4 Å². The molecule has 0 aliphatic carbocycles. The first kappa shape index (κ1) is 22.4. The van der Waals surface area contributed by atoms with E-state index in [1.165, 1.54) is 6.07 Å². The Kier molecular flexibility index (Phi) is 6.98. The van der Waals surface area contributed by atoms with Gasteiger partial charge in [0.15, 0.2) is 0 Å². The molecular weight excluding hydrogens is 390 g/mol. The van der Waals surface area contributed by atoms with Crippen molar-refractivity contribution in [2.75, 3.05) is 6.61 Å². The first-order chi connectivity index (χ1) is 13.3. The molecule has 1 saturated heterocycles. The SMILES string of the molecule is C.CC1CC[C@@H](c2cc(F)c(C(=O)Oc3cc(F)c(C#N)c(F)c3)c(F)c2)OC1. The van der Waals surface area contributed by atoms with Gasteiger partial charge in [0.2, 0.25) is 0 Å². The van der Waals surface area contributed by atoms with Crippen molar-refractivity contribution in [2.45, 2.75) is 33.3 Å². The highest BCUT2D eigenvalue weighted by molar-refractivity contribution is 5.91. The number of carbonyl (C=O) groups is 1. The van der Waals surface area contributed by atoms with E-state index in [2.05, 4.69) is 4.74 Å². The van der Waals surface area contributed by atoms with Crippen LogP contribution in [0.5, 0.6) is 5.75 Å². The van der Waals surface area contributed by atoms with Crippen molar-refractivity contribution < 1.29 is 31.8 Å². The smallest absolute Gasteiger partial charge is 0.349 e. The second kappa shape index (κ2) is 9.05. The minimum atomic E-state index is -1.46. The average Bonchev–Trinajstić information content (AvgIpc) is 2.61. The monoisotopic (exact) mass is 409 g/mol. The molecule has 0 amide bonds. The van der Waals surface area contributed by atoms with Crippen LogP contribution in [0.1, 0.15) is 54.8 Å². The van der Waals surface area contributed by atoms with Gasteiger partial charge < -0.3 is 9.47 Å². The molecule has 3 rings (SSSR count). The summed E-state index contributed by atoms with van der Waals surface area (Å²) in [4.78, 5) is 12.1. The zero-order valence-electron chi connectivity index (χ0n) is 14.8. The molecule has 1 aliphatic heterocycles. The van der Waals surface area contributed by atoms with Crippen LogP contribution in [0.3, 0.4) is 0 Å². The van der Waals surface area contributed by atoms with Crippen molar-refractivity contribution in [3.05, 3.63) is 64.2 Å². The largest absolute Gasteiger partial charge is 0.423 e. The average molecular weight is 409 g/mol. The molecule has 1 unspecified atom stereocenters. The number of esters is 1. The number of halogens is 4. The van der Waals surface area contributed by atoms with E-state index in [9.17, 15) is 22.4 Å². The molecule has 4 nitrogen and oxygen atoms in total. The molecule has 0 bridgehead atoms. The first-order valence-corrected chi connectivity index (χ1v) is 8.52. The number of ether oxygens (including phenoxy) is 2. The van der Waals surface area contributed by atoms with Crippen molar-refractivity contribution in [2.24, 2.45) is 5.92 Å². The summed E-state index contributed by atoms with van der Waals surface area (Å²) in [5, 5.41) is 8.62. The third kappa shape index (κ3) is 4.74. The van der Waals surface area contributed by atoms with Crippen LogP contribution in [0.4, 0.5) is 17.6 Å². The summed E-state index contributed by atoms with van der Waals surface area (Å²) in [5.74, 6) is -6.58. The van der Waals surface area contributed by atoms with Crippen molar-refractivity contribution in [3.63, 3.8) is 0 Å². The molecule has 2 aromatic carbocycles. The number of hydrogen-bond donors (Lipinski definition) is 0. The number of nitriles is 1. The van der Waals surface area contributed by atoms with E-state index in [0.717, 1.165) is 18.6 Å². The molecular formula is C21H19F4NO3. The Labute approximate surface area is 165 Å². The van der Waals surface area contributed by atoms with Gasteiger partial charge in [0.05, 0.1) is 6.10 Å². The Morgan fingerprint density at radius 3 is 2.14 bits per heavy atom. The first-order valence-electron chi connectivity index (χ1n) is 8.52. The standard InChI is InChI=1S/C20H15F4NO3.CH4/c1-10-2-3-18(27-9-10)11-4-16(23)19(17(24)5-11)20(26)28-12-6-14(21)13(8-25)15(22)7-12;/h4-7,10,18H,2-3,9H2,1H3;1H4/t10?,18-;/m0./s1. The van der Waals surface area contributed by atoms with E-state index >= 15 is 0 Å². The van der Waals surface area contributed by atoms with E-state index < -0.39 is 52.2 Å². The normalized spacial score (nSPS) is 18.5. The topological polar surface area (TPSA) is 59.3 Å². The molecule has 1 fully saturated rings. The van der Waals surface area contributed by atoms with Crippen molar-refractivity contribution in [3.8, 4) is 11.8 Å². The Morgan fingerprint density at radius 1 is 1.07 bits per heavy atom. The van der Waals surface area contributed by atoms with E-state index in [-0.39, 0.29) is 13.0 Å². The molecule has 2 atom stereocenters. The summed E-state index contributed by atoms with van der Waals surface area (Å²) in [5.41, 5.74) is -1.59. The minimum Gasteiger partial charge on any atom is -0.423 e. The van der Waals surface area contributed by atoms with Gasteiger partial charge in [-0.1, -0.05) is 14.4 Å². The van der Waals surface area contributed by atoms with Gasteiger partial charge in [0.1, 0.15) is 46.2 Å². The van der Waals surface area contributed by atoms with Gasteiger partial charge in [-0.2, -0.15) is 5.26 Å². The molecule has 29 heavy (non-hydrogen) atoms. The van der Waals surface area contributed by atoms with E-state index in [1.54, 1.807) is 0 Å². The molecule has 1 aliphatic rings. The highest BCUT2D eigenvalue weighted by Gasteiger charge is 2.26. The number of hydrogen-bond acceptors (Lipinski definition) is 4. The van der Waals surface area contributed by atoms with Gasteiger partial charge in [-0.3, -0.25) is 0 Å². The zero-order chi connectivity index (χ0) is 20.4. The highest BCUT2D eigenvalue weighted by atomic mass is 19.1. The quantitative estimate of drug-likeness (QED) is 0.384. The van der Waals surface area contributed by atoms with E-state index in [1.807, 2.05) is 6.92 Å². The molecule has 154 valence electrons. The summed E-state index contributed by atoms with van der Waals surface area (Å²) in [6, 6.07) is 4.45.